The Kier molecular flexibility index (Phi) is 6.45. The summed E-state index contributed by atoms with van der Waals surface area (Å²) >= 11 is 0. The number of likely N-dealkylation sites (tertiary alicyclic amines) is 1. The van der Waals surface area contributed by atoms with Crippen LogP contribution in [0.1, 0.15) is 34.3 Å². The summed E-state index contributed by atoms with van der Waals surface area (Å²) in [6.07, 6.45) is 2.36. The Morgan fingerprint density at radius 2 is 2.00 bits per heavy atom. The predicted octanol–water partition coefficient (Wildman–Crippen LogP) is 2.79. The number of rotatable bonds is 4. The van der Waals surface area contributed by atoms with Crippen molar-refractivity contribution in [3.8, 4) is 0 Å². The number of para-hydroxylation sites is 1. The highest BCUT2D eigenvalue weighted by atomic mass is 35.5. The smallest absolute Gasteiger partial charge is 0.293 e. The molecule has 6 nitrogen and oxygen atoms in total. The van der Waals surface area contributed by atoms with Crippen LogP contribution in [-0.4, -0.2) is 42.9 Å². The molecule has 26 heavy (non-hydrogen) atoms. The molecular weight excluding hydrogens is 354 g/mol. The van der Waals surface area contributed by atoms with Gasteiger partial charge in [-0.15, -0.1) is 12.4 Å². The Balaban J connectivity index is 0.00000243. The first kappa shape index (κ1) is 20.0. The van der Waals surface area contributed by atoms with Crippen LogP contribution in [0.15, 0.2) is 47.1 Å². The summed E-state index contributed by atoms with van der Waals surface area (Å²) in [6, 6.07) is 10.6. The first-order chi connectivity index (χ1) is 12.0. The van der Waals surface area contributed by atoms with Crippen LogP contribution in [0.2, 0.25) is 0 Å². The number of anilines is 1. The van der Waals surface area contributed by atoms with Crippen LogP contribution in [0.25, 0.3) is 0 Å². The third-order valence-electron chi connectivity index (χ3n) is 4.79. The van der Waals surface area contributed by atoms with Gasteiger partial charge in [0.2, 0.25) is 0 Å². The minimum Gasteiger partial charge on any atom is -0.459 e. The van der Waals surface area contributed by atoms with Crippen LogP contribution in [0.4, 0.5) is 5.69 Å². The number of nitrogens with two attached hydrogens (primary N) is 1. The van der Waals surface area contributed by atoms with E-state index in [0.29, 0.717) is 30.3 Å². The van der Waals surface area contributed by atoms with E-state index in [9.17, 15) is 9.59 Å². The quantitative estimate of drug-likeness (QED) is 0.888. The van der Waals surface area contributed by atoms with E-state index in [0.717, 1.165) is 6.42 Å². The Hall–Kier alpha value is -2.31. The van der Waals surface area contributed by atoms with Gasteiger partial charge in [-0.25, -0.2) is 0 Å². The first-order valence-electron chi connectivity index (χ1n) is 8.44. The Morgan fingerprint density at radius 3 is 2.62 bits per heavy atom. The van der Waals surface area contributed by atoms with E-state index in [-0.39, 0.29) is 36.0 Å². The molecule has 2 aromatic rings. The van der Waals surface area contributed by atoms with E-state index in [1.54, 1.807) is 31.3 Å². The number of furan rings is 1. The second-order valence-electron chi connectivity index (χ2n) is 6.50. The molecule has 2 amide bonds. The van der Waals surface area contributed by atoms with Crippen LogP contribution in [0.5, 0.6) is 0 Å². The van der Waals surface area contributed by atoms with Crippen molar-refractivity contribution in [1.29, 1.82) is 0 Å². The second-order valence-corrected chi connectivity index (χ2v) is 6.50. The van der Waals surface area contributed by atoms with E-state index < -0.39 is 0 Å². The average molecular weight is 378 g/mol. The second kappa shape index (κ2) is 8.38. The molecule has 0 aliphatic carbocycles. The molecule has 3 rings (SSSR count). The maximum atomic E-state index is 13.1. The number of amides is 2. The number of carbonyl (C=O) groups excluding carboxylic acids is 2. The molecule has 2 N–H and O–H groups in total. The van der Waals surface area contributed by atoms with Gasteiger partial charge in [-0.2, -0.15) is 0 Å². The predicted molar refractivity (Wildman–Crippen MR) is 103 cm³/mol. The molecule has 0 bridgehead atoms. The van der Waals surface area contributed by atoms with Gasteiger partial charge in [-0.05, 0) is 50.1 Å². The molecule has 0 radical (unpaired) electrons. The van der Waals surface area contributed by atoms with Gasteiger partial charge in [0.15, 0.2) is 5.76 Å². The van der Waals surface area contributed by atoms with Gasteiger partial charge in [0.1, 0.15) is 0 Å². The molecule has 0 spiro atoms. The summed E-state index contributed by atoms with van der Waals surface area (Å²) in [5, 5.41) is 0. The highest BCUT2D eigenvalue weighted by Crippen LogP contribution is 2.28. The third kappa shape index (κ3) is 3.76. The van der Waals surface area contributed by atoms with E-state index >= 15 is 0 Å². The summed E-state index contributed by atoms with van der Waals surface area (Å²) < 4.78 is 5.18. The average Bonchev–Trinajstić information content (AvgIpc) is 3.29. The lowest BCUT2D eigenvalue weighted by Crippen LogP contribution is -2.36. The molecule has 1 aliphatic heterocycles. The molecule has 1 aliphatic rings. The summed E-state index contributed by atoms with van der Waals surface area (Å²) in [6.45, 7) is 3.27. The van der Waals surface area contributed by atoms with Crippen molar-refractivity contribution in [2.75, 3.05) is 25.0 Å². The highest BCUT2D eigenvalue weighted by molar-refractivity contribution is 6.09. The molecule has 140 valence electrons. The molecule has 1 aromatic carbocycles. The normalized spacial score (nSPS) is 19.1. The monoisotopic (exact) mass is 377 g/mol. The van der Waals surface area contributed by atoms with Crippen molar-refractivity contribution in [2.24, 2.45) is 11.7 Å². The molecule has 2 atom stereocenters. The largest absolute Gasteiger partial charge is 0.459 e. The lowest BCUT2D eigenvalue weighted by Gasteiger charge is -2.25. The number of carbonyl (C=O) groups is 2. The lowest BCUT2D eigenvalue weighted by molar-refractivity contribution is 0.0744. The van der Waals surface area contributed by atoms with Crippen molar-refractivity contribution < 1.29 is 14.0 Å². The van der Waals surface area contributed by atoms with Gasteiger partial charge in [-0.3, -0.25) is 9.59 Å². The number of hydrogen-bond donors (Lipinski definition) is 1. The zero-order valence-corrected chi connectivity index (χ0v) is 15.7. The Morgan fingerprint density at radius 1 is 1.27 bits per heavy atom. The molecule has 7 heteroatoms. The van der Waals surface area contributed by atoms with Gasteiger partial charge < -0.3 is 20.0 Å². The molecule has 1 fully saturated rings. The van der Waals surface area contributed by atoms with Crippen molar-refractivity contribution in [3.05, 3.63) is 54.0 Å². The summed E-state index contributed by atoms with van der Waals surface area (Å²) in [7, 11) is 1.65. The fourth-order valence-corrected chi connectivity index (χ4v) is 3.37. The fourth-order valence-electron chi connectivity index (χ4n) is 3.37. The first-order valence-corrected chi connectivity index (χ1v) is 8.44. The van der Waals surface area contributed by atoms with E-state index in [4.69, 9.17) is 10.2 Å². The van der Waals surface area contributed by atoms with Crippen molar-refractivity contribution in [2.45, 2.75) is 19.4 Å². The zero-order valence-electron chi connectivity index (χ0n) is 14.9. The van der Waals surface area contributed by atoms with Crippen LogP contribution < -0.4 is 10.6 Å². The molecular formula is C19H24ClN3O3. The molecule has 2 unspecified atom stereocenters. The molecule has 2 heterocycles. The van der Waals surface area contributed by atoms with Crippen molar-refractivity contribution in [3.63, 3.8) is 0 Å². The molecule has 1 saturated heterocycles. The molecule has 0 saturated carbocycles. The fraction of sp³-hybridized carbons (Fsp3) is 0.368. The zero-order chi connectivity index (χ0) is 18.0. The lowest BCUT2D eigenvalue weighted by atomic mass is 10.1. The Bertz CT molecular complexity index is 763. The van der Waals surface area contributed by atoms with Crippen LogP contribution >= 0.6 is 12.4 Å². The number of halogens is 1. The maximum Gasteiger partial charge on any atom is 0.293 e. The Labute approximate surface area is 159 Å². The maximum absolute atomic E-state index is 13.1. The SMILES string of the molecule is CC1CC(CN)CN1C(=O)c1ccccc1N(C)C(=O)c1ccco1.Cl. The third-order valence-corrected chi connectivity index (χ3v) is 4.79. The van der Waals surface area contributed by atoms with Crippen LogP contribution in [-0.2, 0) is 0 Å². The van der Waals surface area contributed by atoms with E-state index in [1.165, 1.54) is 11.2 Å². The summed E-state index contributed by atoms with van der Waals surface area (Å²) in [4.78, 5) is 28.9. The van der Waals surface area contributed by atoms with Crippen LogP contribution in [0.3, 0.4) is 0 Å². The number of nitrogens with zero attached hydrogens (tertiary/aromatic N) is 2. The number of hydrogen-bond acceptors (Lipinski definition) is 4. The summed E-state index contributed by atoms with van der Waals surface area (Å²) in [5.74, 6) is 0.203. The van der Waals surface area contributed by atoms with Gasteiger partial charge in [0, 0.05) is 19.6 Å². The minimum atomic E-state index is -0.292. The van der Waals surface area contributed by atoms with Gasteiger partial charge in [0.25, 0.3) is 11.8 Å². The van der Waals surface area contributed by atoms with Gasteiger partial charge in [-0.1, -0.05) is 12.1 Å². The van der Waals surface area contributed by atoms with E-state index in [2.05, 4.69) is 0 Å². The van der Waals surface area contributed by atoms with Gasteiger partial charge in [0.05, 0.1) is 17.5 Å². The van der Waals surface area contributed by atoms with Crippen LogP contribution in [0, 0.1) is 5.92 Å². The summed E-state index contributed by atoms with van der Waals surface area (Å²) in [5.41, 5.74) is 6.84. The molecule has 1 aromatic heterocycles. The van der Waals surface area contributed by atoms with Crippen molar-refractivity contribution in [1.82, 2.24) is 4.90 Å². The van der Waals surface area contributed by atoms with E-state index in [1.807, 2.05) is 24.0 Å². The highest BCUT2D eigenvalue weighted by Gasteiger charge is 2.33. The minimum absolute atomic E-state index is 0. The van der Waals surface area contributed by atoms with Crippen molar-refractivity contribution >= 4 is 29.9 Å². The van der Waals surface area contributed by atoms with Gasteiger partial charge >= 0.3 is 0 Å². The standard InChI is InChI=1S/C19H23N3O3.ClH/c1-13-10-14(11-20)12-22(13)18(23)15-6-3-4-7-16(15)21(2)19(24)17-8-5-9-25-17;/h3-9,13-14H,10-12,20H2,1-2H3;1H. The topological polar surface area (TPSA) is 79.8 Å². The number of benzene rings is 1.